The molecule has 0 aromatic carbocycles. The molecule has 0 saturated carbocycles. The van der Waals surface area contributed by atoms with E-state index in [0.29, 0.717) is 39.0 Å². The van der Waals surface area contributed by atoms with Crippen molar-refractivity contribution in [3.05, 3.63) is 0 Å². The quantitative estimate of drug-likeness (QED) is 0.713. The molecule has 0 atom stereocenters. The van der Waals surface area contributed by atoms with Crippen LogP contribution in [0.3, 0.4) is 0 Å². The van der Waals surface area contributed by atoms with Crippen LogP contribution in [0.25, 0.3) is 0 Å². The Morgan fingerprint density at radius 3 is 2.15 bits per heavy atom. The summed E-state index contributed by atoms with van der Waals surface area (Å²) in [6.45, 7) is 3.13. The highest BCUT2D eigenvalue weighted by Gasteiger charge is 2.43. The van der Waals surface area contributed by atoms with Gasteiger partial charge in [-0.05, 0) is 25.9 Å². The minimum Gasteiger partial charge on any atom is -0.368 e. The number of nitrogens with one attached hydrogen (secondary N) is 1. The van der Waals surface area contributed by atoms with Gasteiger partial charge in [-0.15, -0.1) is 0 Å². The molecule has 1 N–H and O–H groups in total. The molecule has 0 unspecified atom stereocenters. The SMILES string of the molecule is COC1(C(=O)N2CCN(S(C)(=O)=O)CC2)CCNCC1. The van der Waals surface area contributed by atoms with Gasteiger partial charge in [0.2, 0.25) is 10.0 Å². The summed E-state index contributed by atoms with van der Waals surface area (Å²) in [7, 11) is -1.59. The number of amides is 1. The first-order valence-electron chi connectivity index (χ1n) is 6.89. The fourth-order valence-corrected chi connectivity index (χ4v) is 3.67. The van der Waals surface area contributed by atoms with Gasteiger partial charge in [-0.25, -0.2) is 8.42 Å². The third-order valence-corrected chi connectivity index (χ3v) is 5.49. The number of piperidine rings is 1. The summed E-state index contributed by atoms with van der Waals surface area (Å²) >= 11 is 0. The van der Waals surface area contributed by atoms with E-state index in [1.807, 2.05) is 0 Å². The number of piperazine rings is 1. The van der Waals surface area contributed by atoms with Gasteiger partial charge >= 0.3 is 0 Å². The summed E-state index contributed by atoms with van der Waals surface area (Å²) in [6, 6.07) is 0. The predicted octanol–water partition coefficient (Wildman–Crippen LogP) is -1.14. The molecule has 0 spiro atoms. The summed E-state index contributed by atoms with van der Waals surface area (Å²) in [5.41, 5.74) is -0.738. The van der Waals surface area contributed by atoms with E-state index in [-0.39, 0.29) is 5.91 Å². The molecule has 20 heavy (non-hydrogen) atoms. The second kappa shape index (κ2) is 5.97. The first-order chi connectivity index (χ1) is 9.39. The third kappa shape index (κ3) is 3.13. The number of hydrogen-bond acceptors (Lipinski definition) is 5. The van der Waals surface area contributed by atoms with E-state index in [0.717, 1.165) is 13.1 Å². The number of ether oxygens (including phenoxy) is 1. The molecule has 116 valence electrons. The topological polar surface area (TPSA) is 79.0 Å². The lowest BCUT2D eigenvalue weighted by Gasteiger charge is -2.41. The van der Waals surface area contributed by atoms with Gasteiger partial charge in [-0.2, -0.15) is 4.31 Å². The molecule has 2 fully saturated rings. The fourth-order valence-electron chi connectivity index (χ4n) is 2.85. The minimum atomic E-state index is -3.17. The number of carbonyl (C=O) groups excluding carboxylic acids is 1. The normalized spacial score (nSPS) is 24.6. The molecule has 1 amide bonds. The first kappa shape index (κ1) is 15.7. The van der Waals surface area contributed by atoms with E-state index < -0.39 is 15.6 Å². The maximum Gasteiger partial charge on any atom is 0.254 e. The lowest BCUT2D eigenvalue weighted by atomic mass is 9.90. The Hall–Kier alpha value is -0.700. The van der Waals surface area contributed by atoms with Gasteiger partial charge in [0.15, 0.2) is 0 Å². The Kier molecular flexibility index (Phi) is 4.68. The summed E-state index contributed by atoms with van der Waals surface area (Å²) in [6.07, 6.45) is 2.52. The molecule has 7 nitrogen and oxygen atoms in total. The average molecular weight is 305 g/mol. The molecule has 2 aliphatic heterocycles. The number of nitrogens with zero attached hydrogens (tertiary/aromatic N) is 2. The van der Waals surface area contributed by atoms with Crippen LogP contribution in [-0.4, -0.2) is 81.8 Å². The van der Waals surface area contributed by atoms with E-state index in [1.54, 1.807) is 12.0 Å². The maximum absolute atomic E-state index is 12.7. The second-order valence-corrected chi connectivity index (χ2v) is 7.39. The van der Waals surface area contributed by atoms with Crippen LogP contribution in [-0.2, 0) is 19.6 Å². The average Bonchev–Trinajstić information content (AvgIpc) is 2.46. The molecule has 0 aromatic rings. The lowest BCUT2D eigenvalue weighted by molar-refractivity contribution is -0.159. The van der Waals surface area contributed by atoms with Crippen LogP contribution in [0.1, 0.15) is 12.8 Å². The van der Waals surface area contributed by atoms with E-state index in [2.05, 4.69) is 5.32 Å². The number of sulfonamides is 1. The van der Waals surface area contributed by atoms with Crippen LogP contribution in [0.4, 0.5) is 0 Å². The molecule has 0 aromatic heterocycles. The molecular weight excluding hydrogens is 282 g/mol. The Morgan fingerprint density at radius 2 is 1.70 bits per heavy atom. The third-order valence-electron chi connectivity index (χ3n) is 4.19. The van der Waals surface area contributed by atoms with Gasteiger partial charge in [0.25, 0.3) is 5.91 Å². The van der Waals surface area contributed by atoms with Crippen molar-refractivity contribution in [2.75, 3.05) is 52.6 Å². The highest BCUT2D eigenvalue weighted by molar-refractivity contribution is 7.88. The maximum atomic E-state index is 12.7. The van der Waals surface area contributed by atoms with E-state index >= 15 is 0 Å². The van der Waals surface area contributed by atoms with Crippen molar-refractivity contribution < 1.29 is 17.9 Å². The standard InChI is InChI=1S/C12H23N3O4S/c1-19-12(3-5-13-6-4-12)11(16)14-7-9-15(10-8-14)20(2,17)18/h13H,3-10H2,1-2H3. The molecular formula is C12H23N3O4S. The fraction of sp³-hybridized carbons (Fsp3) is 0.917. The summed E-state index contributed by atoms with van der Waals surface area (Å²) < 4.78 is 29.9. The van der Waals surface area contributed by atoms with Gasteiger partial charge in [0.1, 0.15) is 5.60 Å². The molecule has 2 rings (SSSR count). The Morgan fingerprint density at radius 1 is 1.15 bits per heavy atom. The van der Waals surface area contributed by atoms with Crippen molar-refractivity contribution in [2.24, 2.45) is 0 Å². The zero-order chi connectivity index (χ0) is 14.8. The van der Waals surface area contributed by atoms with Crippen LogP contribution in [0.5, 0.6) is 0 Å². The lowest BCUT2D eigenvalue weighted by Crippen LogP contribution is -2.59. The van der Waals surface area contributed by atoms with Crippen molar-refractivity contribution in [2.45, 2.75) is 18.4 Å². The highest BCUT2D eigenvalue weighted by atomic mass is 32.2. The van der Waals surface area contributed by atoms with Crippen LogP contribution in [0, 0.1) is 0 Å². The van der Waals surface area contributed by atoms with Gasteiger partial charge in [-0.3, -0.25) is 4.79 Å². The van der Waals surface area contributed by atoms with Crippen molar-refractivity contribution in [1.82, 2.24) is 14.5 Å². The molecule has 0 aliphatic carbocycles. The molecule has 0 radical (unpaired) electrons. The van der Waals surface area contributed by atoms with Crippen LogP contribution >= 0.6 is 0 Å². The van der Waals surface area contributed by atoms with Gasteiger partial charge in [0, 0.05) is 33.3 Å². The molecule has 2 aliphatic rings. The summed E-state index contributed by atoms with van der Waals surface area (Å²) in [5.74, 6) is -0.00495. The molecule has 2 heterocycles. The van der Waals surface area contributed by atoms with Crippen molar-refractivity contribution in [3.8, 4) is 0 Å². The Balaban J connectivity index is 2.00. The van der Waals surface area contributed by atoms with Gasteiger partial charge in [-0.1, -0.05) is 0 Å². The Bertz CT molecular complexity index is 451. The zero-order valence-electron chi connectivity index (χ0n) is 12.1. The molecule has 2 saturated heterocycles. The van der Waals surface area contributed by atoms with Crippen LogP contribution in [0.15, 0.2) is 0 Å². The highest BCUT2D eigenvalue weighted by Crippen LogP contribution is 2.25. The first-order valence-corrected chi connectivity index (χ1v) is 8.74. The number of hydrogen-bond donors (Lipinski definition) is 1. The largest absolute Gasteiger partial charge is 0.368 e. The number of carbonyl (C=O) groups is 1. The smallest absolute Gasteiger partial charge is 0.254 e. The van der Waals surface area contributed by atoms with E-state index in [9.17, 15) is 13.2 Å². The predicted molar refractivity (Wildman–Crippen MR) is 74.8 cm³/mol. The number of rotatable bonds is 3. The zero-order valence-corrected chi connectivity index (χ0v) is 12.9. The van der Waals surface area contributed by atoms with Gasteiger partial charge < -0.3 is 15.0 Å². The van der Waals surface area contributed by atoms with E-state index in [1.165, 1.54) is 10.6 Å². The Labute approximate surface area is 120 Å². The minimum absolute atomic E-state index is 0.00495. The monoisotopic (exact) mass is 305 g/mol. The van der Waals surface area contributed by atoms with Crippen LogP contribution in [0.2, 0.25) is 0 Å². The number of methoxy groups -OCH3 is 1. The molecule has 8 heteroatoms. The van der Waals surface area contributed by atoms with E-state index in [4.69, 9.17) is 4.74 Å². The van der Waals surface area contributed by atoms with Crippen molar-refractivity contribution in [3.63, 3.8) is 0 Å². The summed E-state index contributed by atoms with van der Waals surface area (Å²) in [5, 5.41) is 3.22. The van der Waals surface area contributed by atoms with Crippen molar-refractivity contribution >= 4 is 15.9 Å². The van der Waals surface area contributed by atoms with Crippen molar-refractivity contribution in [1.29, 1.82) is 0 Å². The second-order valence-electron chi connectivity index (χ2n) is 5.40. The van der Waals surface area contributed by atoms with Crippen LogP contribution < -0.4 is 5.32 Å². The molecule has 0 bridgehead atoms. The van der Waals surface area contributed by atoms with Gasteiger partial charge in [0.05, 0.1) is 6.26 Å². The summed E-state index contributed by atoms with van der Waals surface area (Å²) in [4.78, 5) is 14.4.